The molecule has 0 unspecified atom stereocenters. The maximum atomic E-state index is 12.3. The third kappa shape index (κ3) is 5.55. The summed E-state index contributed by atoms with van der Waals surface area (Å²) in [6.07, 6.45) is 0. The Kier molecular flexibility index (Phi) is 6.80. The van der Waals surface area contributed by atoms with E-state index in [1.54, 1.807) is 13.0 Å². The molecule has 0 aliphatic carbocycles. The van der Waals surface area contributed by atoms with Crippen molar-refractivity contribution in [3.05, 3.63) is 45.6 Å². The van der Waals surface area contributed by atoms with Crippen LogP contribution in [0.3, 0.4) is 0 Å². The average Bonchev–Trinajstić information content (AvgIpc) is 2.91. The van der Waals surface area contributed by atoms with E-state index in [4.69, 9.17) is 5.73 Å². The number of hydrogen-bond acceptors (Lipinski definition) is 4. The van der Waals surface area contributed by atoms with Crippen molar-refractivity contribution in [1.82, 2.24) is 4.72 Å². The molecule has 8 heteroatoms. The van der Waals surface area contributed by atoms with Gasteiger partial charge < -0.3 is 11.1 Å². The summed E-state index contributed by atoms with van der Waals surface area (Å²) < 4.78 is 27.2. The fraction of sp³-hybridized carbons (Fsp3) is 0.389. The number of benzene rings is 1. The molecular weight excluding hydrogens is 368 g/mol. The SMILES string of the molecule is Cc1cc(S(=O)(=O)NCCN=C(N)Nc2cccc(C(C)C)c2)c(C)s1. The molecule has 142 valence electrons. The summed E-state index contributed by atoms with van der Waals surface area (Å²) in [7, 11) is -3.51. The number of guanidine groups is 1. The molecule has 1 heterocycles. The van der Waals surface area contributed by atoms with Gasteiger partial charge in [0.25, 0.3) is 0 Å². The molecule has 0 radical (unpaired) electrons. The van der Waals surface area contributed by atoms with E-state index >= 15 is 0 Å². The van der Waals surface area contributed by atoms with Gasteiger partial charge in [0.1, 0.15) is 0 Å². The number of rotatable bonds is 7. The van der Waals surface area contributed by atoms with Gasteiger partial charge in [-0.1, -0.05) is 26.0 Å². The molecule has 0 atom stereocenters. The highest BCUT2D eigenvalue weighted by Gasteiger charge is 2.18. The van der Waals surface area contributed by atoms with Gasteiger partial charge in [0.05, 0.1) is 11.4 Å². The molecule has 1 aromatic heterocycles. The van der Waals surface area contributed by atoms with Gasteiger partial charge in [-0.3, -0.25) is 4.99 Å². The predicted octanol–water partition coefficient (Wildman–Crippen LogP) is 3.19. The van der Waals surface area contributed by atoms with Gasteiger partial charge in [-0.25, -0.2) is 13.1 Å². The highest BCUT2D eigenvalue weighted by atomic mass is 32.2. The Morgan fingerprint density at radius 1 is 1.27 bits per heavy atom. The summed E-state index contributed by atoms with van der Waals surface area (Å²) in [4.78, 5) is 6.26. The summed E-state index contributed by atoms with van der Waals surface area (Å²) in [5, 5.41) is 3.03. The first-order valence-corrected chi connectivity index (χ1v) is 10.7. The van der Waals surface area contributed by atoms with E-state index in [1.807, 2.05) is 25.1 Å². The summed E-state index contributed by atoms with van der Waals surface area (Å²) in [6, 6.07) is 9.65. The predicted molar refractivity (Wildman–Crippen MR) is 110 cm³/mol. The van der Waals surface area contributed by atoms with Gasteiger partial charge in [0, 0.05) is 22.0 Å². The Morgan fingerprint density at radius 3 is 2.62 bits per heavy atom. The molecule has 0 saturated heterocycles. The van der Waals surface area contributed by atoms with Crippen LogP contribution in [-0.2, 0) is 10.0 Å². The largest absolute Gasteiger partial charge is 0.370 e. The highest BCUT2D eigenvalue weighted by molar-refractivity contribution is 7.89. The van der Waals surface area contributed by atoms with Crippen molar-refractivity contribution in [2.75, 3.05) is 18.4 Å². The Labute approximate surface area is 159 Å². The Morgan fingerprint density at radius 2 is 2.00 bits per heavy atom. The Balaban J connectivity index is 1.90. The maximum absolute atomic E-state index is 12.3. The molecule has 4 N–H and O–H groups in total. The van der Waals surface area contributed by atoms with Gasteiger partial charge in [-0.05, 0) is 43.5 Å². The van der Waals surface area contributed by atoms with Crippen molar-refractivity contribution in [3.63, 3.8) is 0 Å². The van der Waals surface area contributed by atoms with E-state index in [-0.39, 0.29) is 19.0 Å². The quantitative estimate of drug-likeness (QED) is 0.382. The molecule has 6 nitrogen and oxygen atoms in total. The smallest absolute Gasteiger partial charge is 0.241 e. The molecule has 26 heavy (non-hydrogen) atoms. The monoisotopic (exact) mass is 394 g/mol. The van der Waals surface area contributed by atoms with Gasteiger partial charge in [0.15, 0.2) is 5.96 Å². The third-order valence-electron chi connectivity index (χ3n) is 3.80. The topological polar surface area (TPSA) is 96.6 Å². The highest BCUT2D eigenvalue weighted by Crippen LogP contribution is 2.24. The van der Waals surface area contributed by atoms with Crippen LogP contribution in [0.2, 0.25) is 0 Å². The molecule has 0 saturated carbocycles. The van der Waals surface area contributed by atoms with Gasteiger partial charge in [0.2, 0.25) is 10.0 Å². The second kappa shape index (κ2) is 8.66. The van der Waals surface area contributed by atoms with Crippen LogP contribution in [0.1, 0.15) is 35.1 Å². The van der Waals surface area contributed by atoms with E-state index in [2.05, 4.69) is 34.9 Å². The van der Waals surface area contributed by atoms with Crippen LogP contribution in [0.5, 0.6) is 0 Å². The zero-order valence-corrected chi connectivity index (χ0v) is 17.2. The molecule has 2 aromatic rings. The number of nitrogens with one attached hydrogen (secondary N) is 2. The van der Waals surface area contributed by atoms with E-state index < -0.39 is 10.0 Å². The number of nitrogens with zero attached hydrogens (tertiary/aromatic N) is 1. The number of hydrogen-bond donors (Lipinski definition) is 3. The van der Waals surface area contributed by atoms with Crippen LogP contribution in [-0.4, -0.2) is 27.5 Å². The van der Waals surface area contributed by atoms with Crippen molar-refractivity contribution in [1.29, 1.82) is 0 Å². The molecule has 0 spiro atoms. The second-order valence-corrected chi connectivity index (χ2v) is 9.54. The van der Waals surface area contributed by atoms with E-state index in [0.717, 1.165) is 15.4 Å². The van der Waals surface area contributed by atoms with Crippen LogP contribution in [0, 0.1) is 13.8 Å². The minimum absolute atomic E-state index is 0.186. The minimum atomic E-state index is -3.51. The van der Waals surface area contributed by atoms with Crippen LogP contribution < -0.4 is 15.8 Å². The summed E-state index contributed by atoms with van der Waals surface area (Å²) in [5.74, 6) is 0.682. The zero-order valence-electron chi connectivity index (χ0n) is 15.5. The number of aryl methyl sites for hydroxylation is 2. The van der Waals surface area contributed by atoms with Gasteiger partial charge >= 0.3 is 0 Å². The number of nitrogens with two attached hydrogens (primary N) is 1. The molecule has 1 aromatic carbocycles. The van der Waals surface area contributed by atoms with Crippen LogP contribution in [0.25, 0.3) is 0 Å². The third-order valence-corrected chi connectivity index (χ3v) is 6.48. The van der Waals surface area contributed by atoms with E-state index in [1.165, 1.54) is 16.9 Å². The molecule has 0 amide bonds. The summed E-state index contributed by atoms with van der Waals surface area (Å²) in [6.45, 7) is 8.38. The number of aliphatic imine (C=N–C) groups is 1. The first-order chi connectivity index (χ1) is 12.2. The van der Waals surface area contributed by atoms with Gasteiger partial charge in [-0.2, -0.15) is 0 Å². The van der Waals surface area contributed by atoms with E-state index in [9.17, 15) is 8.42 Å². The van der Waals surface area contributed by atoms with Crippen LogP contribution in [0.4, 0.5) is 5.69 Å². The lowest BCUT2D eigenvalue weighted by atomic mass is 10.0. The molecule has 2 rings (SSSR count). The Hall–Kier alpha value is -1.90. The molecule has 0 fully saturated rings. The summed E-state index contributed by atoms with van der Waals surface area (Å²) >= 11 is 1.47. The number of anilines is 1. The molecule has 0 aliphatic heterocycles. The first kappa shape index (κ1) is 20.4. The Bertz CT molecular complexity index is 886. The molecule has 0 aliphatic rings. The van der Waals surface area contributed by atoms with Gasteiger partial charge in [-0.15, -0.1) is 11.3 Å². The average molecular weight is 395 g/mol. The summed E-state index contributed by atoms with van der Waals surface area (Å²) in [5.41, 5.74) is 7.95. The van der Waals surface area contributed by atoms with Crippen molar-refractivity contribution in [2.24, 2.45) is 10.7 Å². The lowest BCUT2D eigenvalue weighted by Crippen LogP contribution is -2.28. The number of sulfonamides is 1. The fourth-order valence-corrected chi connectivity index (χ4v) is 5.05. The standard InChI is InChI=1S/C18H26N4O2S2/c1-12(2)15-6-5-7-16(11-15)22-18(19)20-8-9-21-26(23,24)17-10-13(3)25-14(17)4/h5-7,10-12,21H,8-9H2,1-4H3,(H3,19,20,22). The zero-order chi connectivity index (χ0) is 19.3. The molecular formula is C18H26N4O2S2. The van der Waals surface area contributed by atoms with Crippen molar-refractivity contribution >= 4 is 33.0 Å². The minimum Gasteiger partial charge on any atom is -0.370 e. The molecule has 0 bridgehead atoms. The van der Waals surface area contributed by atoms with Crippen molar-refractivity contribution in [2.45, 2.75) is 38.5 Å². The van der Waals surface area contributed by atoms with Crippen molar-refractivity contribution < 1.29 is 8.42 Å². The lowest BCUT2D eigenvalue weighted by molar-refractivity contribution is 0.582. The van der Waals surface area contributed by atoms with Crippen LogP contribution >= 0.6 is 11.3 Å². The first-order valence-electron chi connectivity index (χ1n) is 8.42. The number of thiophene rings is 1. The fourth-order valence-electron chi connectivity index (χ4n) is 2.47. The lowest BCUT2D eigenvalue weighted by Gasteiger charge is -2.10. The maximum Gasteiger partial charge on any atom is 0.241 e. The second-order valence-electron chi connectivity index (χ2n) is 6.35. The van der Waals surface area contributed by atoms with Crippen molar-refractivity contribution in [3.8, 4) is 0 Å². The van der Waals surface area contributed by atoms with E-state index in [0.29, 0.717) is 10.8 Å². The van der Waals surface area contributed by atoms with Crippen LogP contribution in [0.15, 0.2) is 40.2 Å². The normalized spacial score (nSPS) is 12.6.